The Kier molecular flexibility index (Phi) is 3.84. The zero-order chi connectivity index (χ0) is 15.6. The van der Waals surface area contributed by atoms with Gasteiger partial charge in [-0.05, 0) is 36.8 Å². The Morgan fingerprint density at radius 2 is 2.00 bits per heavy atom. The van der Waals surface area contributed by atoms with E-state index in [-0.39, 0.29) is 17.0 Å². The number of nitrogens with zero attached hydrogens (tertiary/aromatic N) is 1. The van der Waals surface area contributed by atoms with Gasteiger partial charge in [-0.25, -0.2) is 4.39 Å². The van der Waals surface area contributed by atoms with Gasteiger partial charge in [0, 0.05) is 11.8 Å². The Bertz CT molecular complexity index is 731. The van der Waals surface area contributed by atoms with Gasteiger partial charge in [-0.1, -0.05) is 6.07 Å². The molecule has 0 fully saturated rings. The van der Waals surface area contributed by atoms with Crippen molar-refractivity contribution in [3.05, 3.63) is 63.5 Å². The lowest BCUT2D eigenvalue weighted by Gasteiger charge is -2.07. The number of hydrogen-bond donors (Lipinski definition) is 2. The van der Waals surface area contributed by atoms with Crippen molar-refractivity contribution >= 4 is 17.3 Å². The second-order valence-corrected chi connectivity index (χ2v) is 4.38. The van der Waals surface area contributed by atoms with Crippen LogP contribution in [0, 0.1) is 22.9 Å². The lowest BCUT2D eigenvalue weighted by atomic mass is 10.1. The molecule has 21 heavy (non-hydrogen) atoms. The Hall–Kier alpha value is -2.96. The van der Waals surface area contributed by atoms with Crippen LogP contribution in [0.15, 0.2) is 36.4 Å². The third kappa shape index (κ3) is 3.14. The largest absolute Gasteiger partial charge is 0.508 e. The highest BCUT2D eigenvalue weighted by Crippen LogP contribution is 2.24. The number of nitro groups is 1. The van der Waals surface area contributed by atoms with Crippen LogP contribution in [0.3, 0.4) is 0 Å². The molecular weight excluding hydrogens is 279 g/mol. The highest BCUT2D eigenvalue weighted by Gasteiger charge is 2.21. The minimum absolute atomic E-state index is 0.167. The summed E-state index contributed by atoms with van der Waals surface area (Å²) in [7, 11) is 0. The summed E-state index contributed by atoms with van der Waals surface area (Å²) in [6, 6.07) is 7.19. The Morgan fingerprint density at radius 3 is 2.62 bits per heavy atom. The number of rotatable bonds is 3. The highest BCUT2D eigenvalue weighted by molar-refractivity contribution is 6.07. The van der Waals surface area contributed by atoms with E-state index in [1.807, 2.05) is 0 Å². The zero-order valence-corrected chi connectivity index (χ0v) is 11.0. The summed E-state index contributed by atoms with van der Waals surface area (Å²) < 4.78 is 13.4. The summed E-state index contributed by atoms with van der Waals surface area (Å²) in [4.78, 5) is 22.2. The third-order valence-electron chi connectivity index (χ3n) is 2.85. The second-order valence-electron chi connectivity index (χ2n) is 4.38. The monoisotopic (exact) mass is 290 g/mol. The van der Waals surface area contributed by atoms with Gasteiger partial charge in [-0.15, -0.1) is 0 Å². The number of carbonyl (C=O) groups is 1. The Balaban J connectivity index is 2.34. The van der Waals surface area contributed by atoms with E-state index in [1.165, 1.54) is 12.1 Å². The molecule has 0 aliphatic carbocycles. The van der Waals surface area contributed by atoms with Crippen LogP contribution in [0.1, 0.15) is 15.9 Å². The predicted molar refractivity (Wildman–Crippen MR) is 73.9 cm³/mol. The van der Waals surface area contributed by atoms with Crippen molar-refractivity contribution in [1.29, 1.82) is 0 Å². The number of carbonyl (C=O) groups excluding carboxylic acids is 1. The van der Waals surface area contributed by atoms with Crippen molar-refractivity contribution < 1.29 is 19.2 Å². The van der Waals surface area contributed by atoms with Crippen molar-refractivity contribution in [2.75, 3.05) is 5.32 Å². The maximum absolute atomic E-state index is 13.4. The Labute approximate surface area is 119 Å². The predicted octanol–water partition coefficient (Wildman–Crippen LogP) is 3.00. The third-order valence-corrected chi connectivity index (χ3v) is 2.85. The van der Waals surface area contributed by atoms with Crippen LogP contribution < -0.4 is 5.32 Å². The summed E-state index contributed by atoms with van der Waals surface area (Å²) in [6.45, 7) is 1.57. The number of phenolic OH excluding ortho intramolecular Hbond substituents is 1. The van der Waals surface area contributed by atoms with Crippen molar-refractivity contribution in [2.45, 2.75) is 6.92 Å². The molecule has 2 aromatic carbocycles. The van der Waals surface area contributed by atoms with E-state index in [1.54, 1.807) is 6.92 Å². The molecular formula is C14H11FN2O4. The van der Waals surface area contributed by atoms with Gasteiger partial charge in [0.05, 0.1) is 4.92 Å². The van der Waals surface area contributed by atoms with Crippen LogP contribution >= 0.6 is 0 Å². The average molecular weight is 290 g/mol. The van der Waals surface area contributed by atoms with Crippen molar-refractivity contribution in [3.63, 3.8) is 0 Å². The average Bonchev–Trinajstić information content (AvgIpc) is 2.42. The van der Waals surface area contributed by atoms with E-state index < -0.39 is 22.3 Å². The normalized spacial score (nSPS) is 10.2. The molecule has 2 aromatic rings. The first-order chi connectivity index (χ1) is 9.88. The maximum atomic E-state index is 13.4. The van der Waals surface area contributed by atoms with E-state index >= 15 is 0 Å². The molecule has 0 saturated heterocycles. The number of nitrogens with one attached hydrogen (secondary N) is 1. The molecule has 1 amide bonds. The van der Waals surface area contributed by atoms with E-state index in [9.17, 15) is 24.4 Å². The smallest absolute Gasteiger partial charge is 0.282 e. The first kappa shape index (κ1) is 14.4. The SMILES string of the molecule is Cc1ccc(NC(=O)c2cc(O)ccc2[N+](=O)[O-])cc1F. The molecule has 0 radical (unpaired) electrons. The number of anilines is 1. The van der Waals surface area contributed by atoms with E-state index in [0.717, 1.165) is 24.3 Å². The molecule has 0 aromatic heterocycles. The zero-order valence-electron chi connectivity index (χ0n) is 11.0. The van der Waals surface area contributed by atoms with Crippen LogP contribution in [0.4, 0.5) is 15.8 Å². The summed E-state index contributed by atoms with van der Waals surface area (Å²) in [5.74, 6) is -1.58. The standard InChI is InChI=1S/C14H11FN2O4/c1-8-2-3-9(6-12(8)15)16-14(19)11-7-10(18)4-5-13(11)17(20)21/h2-7,18H,1H3,(H,16,19). The van der Waals surface area contributed by atoms with E-state index in [2.05, 4.69) is 5.32 Å². The van der Waals surface area contributed by atoms with Gasteiger partial charge >= 0.3 is 0 Å². The molecule has 0 bridgehead atoms. The molecule has 0 heterocycles. The molecule has 6 nitrogen and oxygen atoms in total. The van der Waals surface area contributed by atoms with E-state index in [0.29, 0.717) is 5.56 Å². The quantitative estimate of drug-likeness (QED) is 0.671. The van der Waals surface area contributed by atoms with Crippen LogP contribution in [-0.4, -0.2) is 15.9 Å². The lowest BCUT2D eigenvalue weighted by Crippen LogP contribution is -2.14. The number of nitro benzene ring substituents is 1. The van der Waals surface area contributed by atoms with Gasteiger partial charge in [-0.2, -0.15) is 0 Å². The fraction of sp³-hybridized carbons (Fsp3) is 0.0714. The minimum atomic E-state index is -0.805. The number of aryl methyl sites for hydroxylation is 1. The number of benzene rings is 2. The van der Waals surface area contributed by atoms with Crippen molar-refractivity contribution in [3.8, 4) is 5.75 Å². The number of halogens is 1. The first-order valence-electron chi connectivity index (χ1n) is 5.93. The molecule has 108 valence electrons. The summed E-state index contributed by atoms with van der Waals surface area (Å²) in [5.41, 5.74) is -0.170. The lowest BCUT2D eigenvalue weighted by molar-refractivity contribution is -0.385. The number of amides is 1. The summed E-state index contributed by atoms with van der Waals surface area (Å²) in [6.07, 6.45) is 0. The fourth-order valence-corrected chi connectivity index (χ4v) is 1.73. The Morgan fingerprint density at radius 1 is 1.29 bits per heavy atom. The van der Waals surface area contributed by atoms with Crippen molar-refractivity contribution in [2.24, 2.45) is 0 Å². The molecule has 0 aliphatic heterocycles. The highest BCUT2D eigenvalue weighted by atomic mass is 19.1. The first-order valence-corrected chi connectivity index (χ1v) is 5.93. The van der Waals surface area contributed by atoms with Gasteiger partial charge in [0.2, 0.25) is 0 Å². The molecule has 2 rings (SSSR count). The van der Waals surface area contributed by atoms with Gasteiger partial charge in [0.25, 0.3) is 11.6 Å². The van der Waals surface area contributed by atoms with Crippen molar-refractivity contribution in [1.82, 2.24) is 0 Å². The second kappa shape index (κ2) is 5.58. The molecule has 2 N–H and O–H groups in total. The van der Waals surface area contributed by atoms with Crippen LogP contribution in [0.25, 0.3) is 0 Å². The molecule has 0 unspecified atom stereocenters. The number of aromatic hydroxyl groups is 1. The summed E-state index contributed by atoms with van der Waals surface area (Å²) >= 11 is 0. The maximum Gasteiger partial charge on any atom is 0.282 e. The van der Waals surface area contributed by atoms with Gasteiger partial charge in [0.1, 0.15) is 17.1 Å². The molecule has 0 spiro atoms. The topological polar surface area (TPSA) is 92.5 Å². The minimum Gasteiger partial charge on any atom is -0.508 e. The van der Waals surface area contributed by atoms with Crippen LogP contribution in [-0.2, 0) is 0 Å². The number of phenols is 1. The summed E-state index contributed by atoms with van der Waals surface area (Å²) in [5, 5.41) is 22.6. The van der Waals surface area contributed by atoms with Gasteiger partial charge in [-0.3, -0.25) is 14.9 Å². The number of hydrogen-bond acceptors (Lipinski definition) is 4. The molecule has 0 saturated carbocycles. The van der Waals surface area contributed by atoms with E-state index in [4.69, 9.17) is 0 Å². The molecule has 0 atom stereocenters. The van der Waals surface area contributed by atoms with Crippen LogP contribution in [0.5, 0.6) is 5.75 Å². The fourth-order valence-electron chi connectivity index (χ4n) is 1.73. The molecule has 0 aliphatic rings. The van der Waals surface area contributed by atoms with Gasteiger partial charge < -0.3 is 10.4 Å². The molecule has 7 heteroatoms. The van der Waals surface area contributed by atoms with Crippen LogP contribution in [0.2, 0.25) is 0 Å². The van der Waals surface area contributed by atoms with Gasteiger partial charge in [0.15, 0.2) is 0 Å².